The summed E-state index contributed by atoms with van der Waals surface area (Å²) in [6.07, 6.45) is 0. The van der Waals surface area contributed by atoms with Gasteiger partial charge in [-0.25, -0.2) is 14.0 Å². The largest absolute Gasteiger partial charge is 0.465 e. The molecule has 1 aromatic carbocycles. The van der Waals surface area contributed by atoms with Gasteiger partial charge in [0.2, 0.25) is 0 Å². The van der Waals surface area contributed by atoms with Crippen LogP contribution in [0.3, 0.4) is 0 Å². The van der Waals surface area contributed by atoms with Crippen molar-refractivity contribution in [1.82, 2.24) is 0 Å². The molecule has 0 saturated heterocycles. The van der Waals surface area contributed by atoms with Crippen molar-refractivity contribution in [3.05, 3.63) is 45.0 Å². The van der Waals surface area contributed by atoms with E-state index in [1.54, 1.807) is 6.92 Å². The van der Waals surface area contributed by atoms with Crippen LogP contribution in [0.4, 0.5) is 19.9 Å². The highest BCUT2D eigenvalue weighted by atomic mass is 35.5. The summed E-state index contributed by atoms with van der Waals surface area (Å²) in [5.74, 6) is -1.10. The maximum atomic E-state index is 13.1. The number of hydrogen-bond acceptors (Lipinski definition) is 4. The van der Waals surface area contributed by atoms with Crippen molar-refractivity contribution in [2.75, 3.05) is 17.7 Å². The molecule has 0 atom stereocenters. The number of ether oxygens (including phenoxy) is 1. The van der Waals surface area contributed by atoms with Gasteiger partial charge >= 0.3 is 12.0 Å². The van der Waals surface area contributed by atoms with Gasteiger partial charge in [0, 0.05) is 10.6 Å². The third kappa shape index (κ3) is 3.80. The lowest BCUT2D eigenvalue weighted by Crippen LogP contribution is -2.20. The fraction of sp³-hybridized carbons (Fsp3) is 0.200. The first kappa shape index (κ1) is 17.2. The number of hydrogen-bond donors (Lipinski definition) is 2. The van der Waals surface area contributed by atoms with Crippen LogP contribution in [-0.4, -0.2) is 19.1 Å². The molecule has 2 aromatic rings. The SMILES string of the molecule is COC(=O)c1c(NC(=O)Nc2ccc(F)c(Cl)c2)sc(C)c1C. The van der Waals surface area contributed by atoms with Crippen molar-refractivity contribution >= 4 is 45.6 Å². The lowest BCUT2D eigenvalue weighted by atomic mass is 10.1. The summed E-state index contributed by atoms with van der Waals surface area (Å²) in [5, 5.41) is 5.42. The predicted molar refractivity (Wildman–Crippen MR) is 89.2 cm³/mol. The lowest BCUT2D eigenvalue weighted by Gasteiger charge is -2.08. The van der Waals surface area contributed by atoms with Gasteiger partial charge in [-0.05, 0) is 37.6 Å². The van der Waals surface area contributed by atoms with Crippen molar-refractivity contribution < 1.29 is 18.7 Å². The number of anilines is 2. The van der Waals surface area contributed by atoms with Gasteiger partial charge in [-0.2, -0.15) is 0 Å². The van der Waals surface area contributed by atoms with Gasteiger partial charge in [0.1, 0.15) is 10.8 Å². The smallest absolute Gasteiger partial charge is 0.341 e. The molecule has 5 nitrogen and oxygen atoms in total. The fourth-order valence-electron chi connectivity index (χ4n) is 1.90. The Kier molecular flexibility index (Phi) is 5.23. The molecular formula is C15H14ClFN2O3S. The van der Waals surface area contributed by atoms with Gasteiger partial charge in [-0.3, -0.25) is 5.32 Å². The molecule has 2 rings (SSSR count). The summed E-state index contributed by atoms with van der Waals surface area (Å²) in [5.41, 5.74) is 1.41. The Balaban J connectivity index is 2.18. The molecule has 0 bridgehead atoms. The van der Waals surface area contributed by atoms with Crippen LogP contribution in [0.1, 0.15) is 20.8 Å². The van der Waals surface area contributed by atoms with Gasteiger partial charge < -0.3 is 10.1 Å². The van der Waals surface area contributed by atoms with E-state index in [0.717, 1.165) is 16.5 Å². The number of aryl methyl sites for hydroxylation is 1. The highest BCUT2D eigenvalue weighted by Crippen LogP contribution is 2.33. The van der Waals surface area contributed by atoms with E-state index in [1.165, 1.54) is 30.6 Å². The highest BCUT2D eigenvalue weighted by Gasteiger charge is 2.21. The number of rotatable bonds is 3. The zero-order chi connectivity index (χ0) is 17.1. The summed E-state index contributed by atoms with van der Waals surface area (Å²) in [6, 6.07) is 3.26. The van der Waals surface area contributed by atoms with E-state index in [4.69, 9.17) is 16.3 Å². The third-order valence-corrected chi connectivity index (χ3v) is 4.59. The Morgan fingerprint density at radius 2 is 1.96 bits per heavy atom. The van der Waals surface area contributed by atoms with Gasteiger partial charge in [-0.15, -0.1) is 11.3 Å². The van der Waals surface area contributed by atoms with E-state index in [9.17, 15) is 14.0 Å². The first-order chi connectivity index (χ1) is 10.8. The van der Waals surface area contributed by atoms with Crippen LogP contribution >= 0.6 is 22.9 Å². The predicted octanol–water partition coefficient (Wildman–Crippen LogP) is 4.59. The van der Waals surface area contributed by atoms with Crippen molar-refractivity contribution in [1.29, 1.82) is 0 Å². The molecule has 0 aliphatic heterocycles. The zero-order valence-electron chi connectivity index (χ0n) is 12.6. The molecule has 1 aromatic heterocycles. The molecule has 0 aliphatic rings. The highest BCUT2D eigenvalue weighted by molar-refractivity contribution is 7.16. The molecule has 0 aliphatic carbocycles. The number of methoxy groups -OCH3 is 1. The summed E-state index contributed by atoms with van der Waals surface area (Å²) in [7, 11) is 1.28. The number of halogens is 2. The molecular weight excluding hydrogens is 343 g/mol. The van der Waals surface area contributed by atoms with Crippen LogP contribution in [-0.2, 0) is 4.74 Å². The quantitative estimate of drug-likeness (QED) is 0.790. The van der Waals surface area contributed by atoms with Crippen molar-refractivity contribution in [2.45, 2.75) is 13.8 Å². The van der Waals surface area contributed by atoms with E-state index in [1.807, 2.05) is 6.92 Å². The molecule has 0 saturated carbocycles. The molecule has 0 unspecified atom stereocenters. The Labute approximate surface area is 141 Å². The monoisotopic (exact) mass is 356 g/mol. The number of carbonyl (C=O) groups is 2. The molecule has 122 valence electrons. The Hall–Kier alpha value is -2.12. The molecule has 8 heteroatoms. The molecule has 2 amide bonds. The van der Waals surface area contributed by atoms with Crippen LogP contribution in [0, 0.1) is 19.7 Å². The average Bonchev–Trinajstić information content (AvgIpc) is 2.76. The fourth-order valence-corrected chi connectivity index (χ4v) is 3.13. The second-order valence-corrected chi connectivity index (χ2v) is 6.32. The van der Waals surface area contributed by atoms with Crippen molar-refractivity contribution in [2.24, 2.45) is 0 Å². The van der Waals surface area contributed by atoms with Crippen molar-refractivity contribution in [3.8, 4) is 0 Å². The van der Waals surface area contributed by atoms with E-state index in [-0.39, 0.29) is 5.02 Å². The minimum absolute atomic E-state index is 0.0964. The summed E-state index contributed by atoms with van der Waals surface area (Å²) in [6.45, 7) is 3.62. The minimum Gasteiger partial charge on any atom is -0.465 e. The molecule has 0 spiro atoms. The third-order valence-electron chi connectivity index (χ3n) is 3.18. The summed E-state index contributed by atoms with van der Waals surface area (Å²) < 4.78 is 17.8. The second kappa shape index (κ2) is 6.97. The van der Waals surface area contributed by atoms with Crippen LogP contribution in [0.25, 0.3) is 0 Å². The molecule has 23 heavy (non-hydrogen) atoms. The van der Waals surface area contributed by atoms with Gasteiger partial charge in [0.05, 0.1) is 17.7 Å². The van der Waals surface area contributed by atoms with E-state index >= 15 is 0 Å². The van der Waals surface area contributed by atoms with E-state index in [0.29, 0.717) is 16.3 Å². The summed E-state index contributed by atoms with van der Waals surface area (Å²) in [4.78, 5) is 24.8. The average molecular weight is 357 g/mol. The Bertz CT molecular complexity index is 776. The first-order valence-electron chi connectivity index (χ1n) is 6.54. The molecule has 2 N–H and O–H groups in total. The number of nitrogens with one attached hydrogen (secondary N) is 2. The molecule has 0 fully saturated rings. The van der Waals surface area contributed by atoms with E-state index < -0.39 is 17.8 Å². The van der Waals surface area contributed by atoms with Crippen LogP contribution in [0.2, 0.25) is 5.02 Å². The summed E-state index contributed by atoms with van der Waals surface area (Å²) >= 11 is 6.93. The molecule has 1 heterocycles. The number of benzene rings is 1. The topological polar surface area (TPSA) is 67.4 Å². The second-order valence-electron chi connectivity index (χ2n) is 4.69. The normalized spacial score (nSPS) is 10.3. The number of thiophene rings is 1. The Morgan fingerprint density at radius 3 is 2.57 bits per heavy atom. The van der Waals surface area contributed by atoms with Crippen LogP contribution in [0.5, 0.6) is 0 Å². The number of esters is 1. The Morgan fingerprint density at radius 1 is 1.26 bits per heavy atom. The van der Waals surface area contributed by atoms with Crippen LogP contribution < -0.4 is 10.6 Å². The first-order valence-corrected chi connectivity index (χ1v) is 7.74. The van der Waals surface area contributed by atoms with Gasteiger partial charge in [0.15, 0.2) is 0 Å². The van der Waals surface area contributed by atoms with Crippen molar-refractivity contribution in [3.63, 3.8) is 0 Å². The maximum absolute atomic E-state index is 13.1. The number of amides is 2. The molecule has 0 radical (unpaired) electrons. The zero-order valence-corrected chi connectivity index (χ0v) is 14.2. The number of urea groups is 1. The van der Waals surface area contributed by atoms with Gasteiger partial charge in [0.25, 0.3) is 0 Å². The van der Waals surface area contributed by atoms with Gasteiger partial charge in [-0.1, -0.05) is 11.6 Å². The lowest BCUT2D eigenvalue weighted by molar-refractivity contribution is 0.0601. The van der Waals surface area contributed by atoms with E-state index in [2.05, 4.69) is 10.6 Å². The maximum Gasteiger partial charge on any atom is 0.341 e. The standard InChI is InChI=1S/C15H14ClFN2O3S/c1-7-8(2)23-13(12(7)14(20)22-3)19-15(21)18-9-4-5-11(17)10(16)6-9/h4-6H,1-3H3,(H2,18,19,21). The number of carbonyl (C=O) groups excluding carboxylic acids is 2. The minimum atomic E-state index is -0.574. The van der Waals surface area contributed by atoms with Crippen LogP contribution in [0.15, 0.2) is 18.2 Å².